The van der Waals surface area contributed by atoms with E-state index in [-0.39, 0.29) is 17.0 Å². The molecule has 1 N–H and O–H groups in total. The molecule has 0 spiro atoms. The topological polar surface area (TPSA) is 69.0 Å². The van der Waals surface area contributed by atoms with E-state index in [1.807, 2.05) is 33.2 Å². The molecule has 0 radical (unpaired) electrons. The van der Waals surface area contributed by atoms with Gasteiger partial charge in [0, 0.05) is 29.9 Å². The molecule has 146 valence electrons. The maximum Gasteiger partial charge on any atom is 0.408 e. The molecular weight excluding hydrogens is 340 g/mol. The first-order valence-electron chi connectivity index (χ1n) is 9.98. The molecule has 3 saturated carbocycles. The van der Waals surface area contributed by atoms with Crippen LogP contribution in [0.2, 0.25) is 0 Å². The highest BCUT2D eigenvalue weighted by atomic mass is 16.6. The van der Waals surface area contributed by atoms with Crippen LogP contribution >= 0.6 is 0 Å². The molecule has 6 nitrogen and oxygen atoms in total. The van der Waals surface area contributed by atoms with Gasteiger partial charge in [-0.05, 0) is 77.7 Å². The Morgan fingerprint density at radius 3 is 2.52 bits per heavy atom. The summed E-state index contributed by atoms with van der Waals surface area (Å²) in [5.74, 6) is 0. The Hall–Kier alpha value is -2.11. The molecule has 0 unspecified atom stereocenters. The lowest BCUT2D eigenvalue weighted by molar-refractivity contribution is -0.00421. The van der Waals surface area contributed by atoms with Crippen molar-refractivity contribution in [2.45, 2.75) is 83.9 Å². The van der Waals surface area contributed by atoms with Crippen LogP contribution in [0, 0.1) is 12.3 Å². The zero-order valence-electron chi connectivity index (χ0n) is 16.8. The lowest BCUT2D eigenvalue weighted by Gasteiger charge is -2.53. The number of hydrogen-bond donors (Lipinski definition) is 1. The van der Waals surface area contributed by atoms with Gasteiger partial charge in [0.25, 0.3) is 0 Å². The summed E-state index contributed by atoms with van der Waals surface area (Å²) in [6, 6.07) is 2.06. The Morgan fingerprint density at radius 2 is 1.89 bits per heavy atom. The monoisotopic (exact) mass is 370 g/mol. The Morgan fingerprint density at radius 1 is 1.22 bits per heavy atom. The molecule has 3 aliphatic rings. The van der Waals surface area contributed by atoms with E-state index >= 15 is 0 Å². The lowest BCUT2D eigenvalue weighted by atomic mass is 9.57. The van der Waals surface area contributed by atoms with E-state index in [0.29, 0.717) is 0 Å². The minimum atomic E-state index is -0.457. The first-order chi connectivity index (χ1) is 12.7. The van der Waals surface area contributed by atoms with Crippen LogP contribution in [-0.4, -0.2) is 32.0 Å². The van der Waals surface area contributed by atoms with E-state index in [1.54, 1.807) is 0 Å². The number of rotatable bonds is 3. The summed E-state index contributed by atoms with van der Waals surface area (Å²) in [6.45, 7) is 8.72. The summed E-state index contributed by atoms with van der Waals surface area (Å²) in [4.78, 5) is 16.5. The van der Waals surface area contributed by atoms with Gasteiger partial charge in [0.05, 0.1) is 11.2 Å². The molecular formula is C21H30N4O2. The van der Waals surface area contributed by atoms with E-state index < -0.39 is 5.60 Å². The normalized spacial score (nSPS) is 27.7. The van der Waals surface area contributed by atoms with Crippen LogP contribution in [0.25, 0.3) is 10.9 Å². The second-order valence-electron chi connectivity index (χ2n) is 9.54. The van der Waals surface area contributed by atoms with E-state index in [2.05, 4.69) is 28.0 Å². The molecule has 0 atom stereocenters. The third-order valence-electron chi connectivity index (χ3n) is 6.39. The number of pyridine rings is 1. The molecule has 2 aromatic heterocycles. The van der Waals surface area contributed by atoms with Crippen LogP contribution in [0.15, 0.2) is 18.5 Å². The number of nitrogens with zero attached hydrogens (tertiary/aromatic N) is 3. The average Bonchev–Trinajstić information content (AvgIpc) is 2.91. The largest absolute Gasteiger partial charge is 0.444 e. The number of amides is 1. The highest BCUT2D eigenvalue weighted by Gasteiger charge is 2.50. The van der Waals surface area contributed by atoms with Crippen molar-refractivity contribution in [3.05, 3.63) is 24.2 Å². The Kier molecular flexibility index (Phi) is 4.20. The summed E-state index contributed by atoms with van der Waals surface area (Å²) in [7, 11) is 0. The van der Waals surface area contributed by atoms with Gasteiger partial charge in [-0.3, -0.25) is 9.67 Å². The van der Waals surface area contributed by atoms with Gasteiger partial charge in [-0.1, -0.05) is 0 Å². The fraction of sp³-hybridized carbons (Fsp3) is 0.667. The fourth-order valence-electron chi connectivity index (χ4n) is 4.83. The number of hydrogen-bond acceptors (Lipinski definition) is 4. The number of ether oxygens (including phenoxy) is 1. The molecule has 27 heavy (non-hydrogen) atoms. The zero-order valence-corrected chi connectivity index (χ0v) is 16.8. The Bertz CT molecular complexity index is 840. The minimum absolute atomic E-state index is 0.0872. The molecule has 5 rings (SSSR count). The van der Waals surface area contributed by atoms with Crippen molar-refractivity contribution < 1.29 is 9.53 Å². The van der Waals surface area contributed by atoms with Gasteiger partial charge >= 0.3 is 6.09 Å². The van der Waals surface area contributed by atoms with Crippen molar-refractivity contribution in [2.75, 3.05) is 0 Å². The van der Waals surface area contributed by atoms with Crippen molar-refractivity contribution in [2.24, 2.45) is 5.41 Å². The molecule has 2 aromatic rings. The number of nitrogens with one attached hydrogen (secondary N) is 1. The standard InChI is InChI=1S/C21H30N4O2/c1-15-16-13-22-12-5-17(16)25(24-15)14-20-6-9-21(10-7-20,11-8-20)23-18(26)27-19(2,3)4/h5,12-13H,6-11,14H2,1-4H3,(H,23,26). The van der Waals surface area contributed by atoms with Crippen molar-refractivity contribution in [3.8, 4) is 0 Å². The van der Waals surface area contributed by atoms with Crippen molar-refractivity contribution in [3.63, 3.8) is 0 Å². The van der Waals surface area contributed by atoms with E-state index in [1.165, 1.54) is 5.52 Å². The van der Waals surface area contributed by atoms with E-state index in [0.717, 1.165) is 56.1 Å². The second kappa shape index (κ2) is 6.21. The van der Waals surface area contributed by atoms with Crippen LogP contribution in [0.4, 0.5) is 4.79 Å². The van der Waals surface area contributed by atoms with Crippen molar-refractivity contribution in [1.29, 1.82) is 0 Å². The van der Waals surface area contributed by atoms with Crippen LogP contribution < -0.4 is 5.32 Å². The second-order valence-corrected chi connectivity index (χ2v) is 9.54. The van der Waals surface area contributed by atoms with Gasteiger partial charge in [0.2, 0.25) is 0 Å². The molecule has 0 aromatic carbocycles. The average molecular weight is 370 g/mol. The summed E-state index contributed by atoms with van der Waals surface area (Å²) in [5, 5.41) is 9.13. The van der Waals surface area contributed by atoms with Gasteiger partial charge in [-0.15, -0.1) is 0 Å². The van der Waals surface area contributed by atoms with E-state index in [4.69, 9.17) is 9.84 Å². The summed E-state index contributed by atoms with van der Waals surface area (Å²) in [6.07, 6.45) is 9.89. The third-order valence-corrected chi connectivity index (χ3v) is 6.39. The third kappa shape index (κ3) is 3.54. The predicted molar refractivity (Wildman–Crippen MR) is 105 cm³/mol. The molecule has 2 heterocycles. The predicted octanol–water partition coefficient (Wildman–Crippen LogP) is 4.36. The van der Waals surface area contributed by atoms with Crippen LogP contribution in [0.1, 0.15) is 65.0 Å². The van der Waals surface area contributed by atoms with Crippen molar-refractivity contribution >= 4 is 17.0 Å². The smallest absolute Gasteiger partial charge is 0.408 e. The van der Waals surface area contributed by atoms with Gasteiger partial charge < -0.3 is 10.1 Å². The molecule has 2 bridgehead atoms. The lowest BCUT2D eigenvalue weighted by Crippen LogP contribution is -2.58. The molecule has 0 saturated heterocycles. The Balaban J connectivity index is 1.46. The quantitative estimate of drug-likeness (QED) is 0.872. The van der Waals surface area contributed by atoms with Crippen molar-refractivity contribution in [1.82, 2.24) is 20.1 Å². The van der Waals surface area contributed by atoms with Gasteiger partial charge in [-0.2, -0.15) is 5.10 Å². The molecule has 1 amide bonds. The SMILES string of the molecule is Cc1nn(CC23CCC(NC(=O)OC(C)(C)C)(CC2)CC3)c2ccncc12. The number of carbonyl (C=O) groups excluding carboxylic acids is 1. The summed E-state index contributed by atoms with van der Waals surface area (Å²) >= 11 is 0. The summed E-state index contributed by atoms with van der Waals surface area (Å²) < 4.78 is 7.66. The van der Waals surface area contributed by atoms with Crippen LogP contribution in [-0.2, 0) is 11.3 Å². The van der Waals surface area contributed by atoms with Crippen LogP contribution in [0.3, 0.4) is 0 Å². The number of aryl methyl sites for hydroxylation is 1. The first kappa shape index (κ1) is 18.3. The van der Waals surface area contributed by atoms with Gasteiger partial charge in [-0.25, -0.2) is 4.79 Å². The van der Waals surface area contributed by atoms with Gasteiger partial charge in [0.1, 0.15) is 5.60 Å². The molecule has 0 aliphatic heterocycles. The highest BCUT2D eigenvalue weighted by Crippen LogP contribution is 2.53. The maximum absolute atomic E-state index is 12.3. The molecule has 6 heteroatoms. The molecule has 3 fully saturated rings. The zero-order chi connectivity index (χ0) is 19.3. The number of alkyl carbamates (subject to hydrolysis) is 1. The Labute approximate surface area is 160 Å². The van der Waals surface area contributed by atoms with Gasteiger partial charge in [0.15, 0.2) is 0 Å². The highest BCUT2D eigenvalue weighted by molar-refractivity contribution is 5.80. The number of carbonyl (C=O) groups is 1. The van der Waals surface area contributed by atoms with Crippen LogP contribution in [0.5, 0.6) is 0 Å². The number of fused-ring (bicyclic) bond motifs is 4. The molecule has 3 aliphatic carbocycles. The minimum Gasteiger partial charge on any atom is -0.444 e. The first-order valence-corrected chi connectivity index (χ1v) is 9.98. The number of aromatic nitrogens is 3. The summed E-state index contributed by atoms with van der Waals surface area (Å²) in [5.41, 5.74) is 1.96. The maximum atomic E-state index is 12.3. The fourth-order valence-corrected chi connectivity index (χ4v) is 4.83. The van der Waals surface area contributed by atoms with E-state index in [9.17, 15) is 4.79 Å².